The molecule has 4 rings (SSSR count). The zero-order chi connectivity index (χ0) is 22.0. The SMILES string of the molecule is Br.C[C@@H](c1nc(-c2ccc(C#N)cc2)cs1)[C@](O)(Cn1cncn1)c1cc(F)ccc1F. The lowest BCUT2D eigenvalue weighted by molar-refractivity contribution is -0.0114. The van der Waals surface area contributed by atoms with Crippen LogP contribution in [-0.2, 0) is 12.1 Å². The van der Waals surface area contributed by atoms with Crippen LogP contribution in [0.5, 0.6) is 0 Å². The Morgan fingerprint density at radius 3 is 2.62 bits per heavy atom. The van der Waals surface area contributed by atoms with Crippen molar-refractivity contribution in [3.63, 3.8) is 0 Å². The third-order valence-electron chi connectivity index (χ3n) is 5.18. The van der Waals surface area contributed by atoms with Crippen LogP contribution in [0.4, 0.5) is 8.78 Å². The average Bonchev–Trinajstić information content (AvgIpc) is 3.47. The summed E-state index contributed by atoms with van der Waals surface area (Å²) < 4.78 is 30.0. The molecule has 32 heavy (non-hydrogen) atoms. The quantitative estimate of drug-likeness (QED) is 0.396. The molecule has 2 aromatic carbocycles. The summed E-state index contributed by atoms with van der Waals surface area (Å²) in [7, 11) is 0. The van der Waals surface area contributed by atoms with Crippen LogP contribution >= 0.6 is 28.3 Å². The van der Waals surface area contributed by atoms with Gasteiger partial charge in [0, 0.05) is 22.4 Å². The Balaban J connectivity index is 0.00000289. The minimum Gasteiger partial charge on any atom is -0.382 e. The summed E-state index contributed by atoms with van der Waals surface area (Å²) in [5.41, 5.74) is 0.00578. The van der Waals surface area contributed by atoms with Gasteiger partial charge in [-0.25, -0.2) is 23.4 Å². The van der Waals surface area contributed by atoms with E-state index in [1.54, 1.807) is 31.2 Å². The number of halogens is 3. The number of hydrogen-bond donors (Lipinski definition) is 1. The Hall–Kier alpha value is -3.00. The smallest absolute Gasteiger partial charge is 0.137 e. The molecule has 1 N–H and O–H groups in total. The van der Waals surface area contributed by atoms with Crippen LogP contribution in [0.15, 0.2) is 60.5 Å². The van der Waals surface area contributed by atoms with E-state index >= 15 is 0 Å². The van der Waals surface area contributed by atoms with Gasteiger partial charge in [0.25, 0.3) is 0 Å². The second-order valence-electron chi connectivity index (χ2n) is 7.12. The maximum absolute atomic E-state index is 14.7. The van der Waals surface area contributed by atoms with E-state index in [4.69, 9.17) is 5.26 Å². The lowest BCUT2D eigenvalue weighted by atomic mass is 9.82. The van der Waals surface area contributed by atoms with Gasteiger partial charge in [0.2, 0.25) is 0 Å². The third-order valence-corrected chi connectivity index (χ3v) is 6.21. The van der Waals surface area contributed by atoms with Gasteiger partial charge in [-0.3, -0.25) is 0 Å². The topological polar surface area (TPSA) is 87.6 Å². The van der Waals surface area contributed by atoms with Crippen LogP contribution in [0, 0.1) is 23.0 Å². The molecule has 0 unspecified atom stereocenters. The Kier molecular flexibility index (Phi) is 7.13. The summed E-state index contributed by atoms with van der Waals surface area (Å²) in [6, 6.07) is 12.0. The van der Waals surface area contributed by atoms with Crippen molar-refractivity contribution < 1.29 is 13.9 Å². The van der Waals surface area contributed by atoms with Crippen molar-refractivity contribution in [2.75, 3.05) is 0 Å². The predicted molar refractivity (Wildman–Crippen MR) is 121 cm³/mol. The van der Waals surface area contributed by atoms with Crippen LogP contribution in [-0.4, -0.2) is 24.9 Å². The van der Waals surface area contributed by atoms with Gasteiger partial charge in [-0.1, -0.05) is 19.1 Å². The van der Waals surface area contributed by atoms with Gasteiger partial charge in [-0.05, 0) is 30.3 Å². The number of hydrogen-bond acceptors (Lipinski definition) is 6. The lowest BCUT2D eigenvalue weighted by Gasteiger charge is -2.33. The molecule has 0 aliphatic rings. The van der Waals surface area contributed by atoms with Crippen LogP contribution in [0.25, 0.3) is 11.3 Å². The van der Waals surface area contributed by atoms with Crippen molar-refractivity contribution in [2.45, 2.75) is 25.0 Å². The van der Waals surface area contributed by atoms with E-state index in [0.717, 1.165) is 23.8 Å². The third kappa shape index (κ3) is 4.60. The minimum atomic E-state index is -1.83. The molecule has 0 bridgehead atoms. The van der Waals surface area contributed by atoms with Crippen LogP contribution in [0.2, 0.25) is 0 Å². The normalized spacial score (nSPS) is 13.6. The van der Waals surface area contributed by atoms with Crippen molar-refractivity contribution >= 4 is 28.3 Å². The number of nitrogens with zero attached hydrogens (tertiary/aromatic N) is 5. The number of aromatic nitrogens is 4. The standard InChI is InChI=1S/C22H17F2N5OS.BrH/c1-14(21-28-20(10-31-21)16-4-2-15(9-25)3-5-16)22(30,11-29-13-26-12-27-29)18-8-17(23)6-7-19(18)24;/h2-8,10,12-14,30H,11H2,1H3;1H/t14-,22+;/m0./s1. The molecular formula is C22H18BrF2N5OS. The molecule has 0 aliphatic heterocycles. The van der Waals surface area contributed by atoms with Crippen LogP contribution in [0.1, 0.15) is 29.0 Å². The highest BCUT2D eigenvalue weighted by atomic mass is 79.9. The molecular weight excluding hydrogens is 500 g/mol. The van der Waals surface area contributed by atoms with Gasteiger partial charge in [-0.15, -0.1) is 28.3 Å². The highest BCUT2D eigenvalue weighted by molar-refractivity contribution is 8.93. The monoisotopic (exact) mass is 517 g/mol. The fraction of sp³-hybridized carbons (Fsp3) is 0.182. The fourth-order valence-corrected chi connectivity index (χ4v) is 4.36. The first-order valence-electron chi connectivity index (χ1n) is 9.37. The number of aliphatic hydroxyl groups is 1. The van der Waals surface area contributed by atoms with E-state index in [1.807, 2.05) is 5.38 Å². The molecule has 10 heteroatoms. The first-order chi connectivity index (χ1) is 14.9. The summed E-state index contributed by atoms with van der Waals surface area (Å²) in [4.78, 5) is 8.49. The molecule has 0 aliphatic carbocycles. The van der Waals surface area contributed by atoms with Crippen molar-refractivity contribution in [2.24, 2.45) is 0 Å². The van der Waals surface area contributed by atoms with Gasteiger partial charge in [0.1, 0.15) is 29.9 Å². The Morgan fingerprint density at radius 2 is 1.97 bits per heavy atom. The van der Waals surface area contributed by atoms with E-state index in [9.17, 15) is 13.9 Å². The zero-order valence-electron chi connectivity index (χ0n) is 16.8. The number of nitriles is 1. The Bertz CT molecular complexity index is 1240. The number of thiazole rings is 1. The van der Waals surface area contributed by atoms with E-state index in [2.05, 4.69) is 21.1 Å². The van der Waals surface area contributed by atoms with Gasteiger partial charge in [0.05, 0.1) is 28.9 Å². The summed E-state index contributed by atoms with van der Waals surface area (Å²) in [6.07, 6.45) is 2.71. The maximum Gasteiger partial charge on any atom is 0.137 e. The maximum atomic E-state index is 14.7. The first kappa shape index (κ1) is 23.7. The fourth-order valence-electron chi connectivity index (χ4n) is 3.38. The minimum absolute atomic E-state index is 0. The summed E-state index contributed by atoms with van der Waals surface area (Å²) in [5.74, 6) is -2.07. The van der Waals surface area contributed by atoms with E-state index < -0.39 is 23.2 Å². The van der Waals surface area contributed by atoms with E-state index in [-0.39, 0.29) is 29.1 Å². The van der Waals surface area contributed by atoms with E-state index in [1.165, 1.54) is 28.7 Å². The van der Waals surface area contributed by atoms with Crippen molar-refractivity contribution in [3.05, 3.63) is 88.3 Å². The van der Waals surface area contributed by atoms with Gasteiger partial charge in [0.15, 0.2) is 0 Å². The Morgan fingerprint density at radius 1 is 1.22 bits per heavy atom. The molecule has 2 heterocycles. The number of rotatable bonds is 6. The van der Waals surface area contributed by atoms with Gasteiger partial charge < -0.3 is 5.11 Å². The van der Waals surface area contributed by atoms with Gasteiger partial charge in [-0.2, -0.15) is 10.4 Å². The largest absolute Gasteiger partial charge is 0.382 e. The van der Waals surface area contributed by atoms with E-state index in [0.29, 0.717) is 16.3 Å². The molecule has 2 atom stereocenters. The average molecular weight is 518 g/mol. The lowest BCUT2D eigenvalue weighted by Crippen LogP contribution is -2.38. The molecule has 164 valence electrons. The van der Waals surface area contributed by atoms with Crippen molar-refractivity contribution in [1.29, 1.82) is 5.26 Å². The second kappa shape index (κ2) is 9.65. The molecule has 0 saturated heterocycles. The van der Waals surface area contributed by atoms with Crippen LogP contribution in [0.3, 0.4) is 0 Å². The molecule has 0 spiro atoms. The molecule has 4 aromatic rings. The summed E-state index contributed by atoms with van der Waals surface area (Å²) >= 11 is 1.31. The Labute approximate surface area is 197 Å². The van der Waals surface area contributed by atoms with Crippen molar-refractivity contribution in [1.82, 2.24) is 19.7 Å². The molecule has 0 radical (unpaired) electrons. The molecule has 0 amide bonds. The van der Waals surface area contributed by atoms with Crippen molar-refractivity contribution in [3.8, 4) is 17.3 Å². The highest BCUT2D eigenvalue weighted by Gasteiger charge is 2.41. The highest BCUT2D eigenvalue weighted by Crippen LogP contribution is 2.41. The van der Waals surface area contributed by atoms with Gasteiger partial charge >= 0.3 is 0 Å². The zero-order valence-corrected chi connectivity index (χ0v) is 19.3. The van der Waals surface area contributed by atoms with Crippen LogP contribution < -0.4 is 0 Å². The molecule has 2 aromatic heterocycles. The first-order valence-corrected chi connectivity index (χ1v) is 10.2. The molecule has 6 nitrogen and oxygen atoms in total. The summed E-state index contributed by atoms with van der Waals surface area (Å²) in [5, 5.41) is 27.0. The predicted octanol–water partition coefficient (Wildman–Crippen LogP) is 4.82. The summed E-state index contributed by atoms with van der Waals surface area (Å²) in [6.45, 7) is 1.57. The molecule has 0 saturated carbocycles. The second-order valence-corrected chi connectivity index (χ2v) is 8.01. The number of benzene rings is 2. The molecule has 0 fully saturated rings.